The Bertz CT molecular complexity index is 1480. The van der Waals surface area contributed by atoms with Gasteiger partial charge in [0.05, 0.1) is 51.2 Å². The van der Waals surface area contributed by atoms with Gasteiger partial charge in [-0.2, -0.15) is 0 Å². The molecule has 46 heavy (non-hydrogen) atoms. The molecule has 242 valence electrons. The Morgan fingerprint density at radius 2 is 0.630 bits per heavy atom. The van der Waals surface area contributed by atoms with Crippen LogP contribution in [0.4, 0.5) is 22.7 Å². The van der Waals surface area contributed by atoms with Crippen LogP contribution in [-0.2, 0) is 4.79 Å². The molecule has 0 unspecified atom stereocenters. The molecule has 4 rings (SSSR count). The van der Waals surface area contributed by atoms with Crippen molar-refractivity contribution < 1.29 is 23.7 Å². The molecule has 0 atom stereocenters. The molecule has 0 saturated heterocycles. The van der Waals surface area contributed by atoms with E-state index in [1.54, 1.807) is 38.2 Å². The highest BCUT2D eigenvalue weighted by atomic mass is 16.5. The third-order valence-electron chi connectivity index (χ3n) is 8.32. The van der Waals surface area contributed by atoms with Gasteiger partial charge in [-0.15, -0.1) is 0 Å². The van der Waals surface area contributed by atoms with E-state index in [4.69, 9.17) is 18.9 Å². The van der Waals surface area contributed by atoms with E-state index >= 15 is 4.79 Å². The highest BCUT2D eigenvalue weighted by Gasteiger charge is 2.34. The number of amidine groups is 1. The molecule has 0 bridgehead atoms. The predicted octanol–water partition coefficient (Wildman–Crippen LogP) is 8.67. The van der Waals surface area contributed by atoms with Crippen molar-refractivity contribution in [3.63, 3.8) is 0 Å². The molecule has 0 aliphatic carbocycles. The summed E-state index contributed by atoms with van der Waals surface area (Å²) < 4.78 is 22.2. The van der Waals surface area contributed by atoms with Gasteiger partial charge >= 0.3 is 0 Å². The minimum atomic E-state index is -0.489. The van der Waals surface area contributed by atoms with E-state index in [0.29, 0.717) is 34.4 Å². The zero-order chi connectivity index (χ0) is 34.0. The zero-order valence-corrected chi connectivity index (χ0v) is 29.1. The summed E-state index contributed by atoms with van der Waals surface area (Å²) in [5, 5.41) is 9.80. The molecule has 0 radical (unpaired) electrons. The molecule has 4 aromatic rings. The van der Waals surface area contributed by atoms with E-state index in [-0.39, 0.29) is 5.84 Å². The Balaban J connectivity index is 2.06. The molecule has 1 N–H and O–H groups in total. The Morgan fingerprint density at radius 3 is 0.826 bits per heavy atom. The average Bonchev–Trinajstić information content (AvgIpc) is 3.00. The van der Waals surface area contributed by atoms with Gasteiger partial charge in [-0.3, -0.25) is 20.0 Å². The highest BCUT2D eigenvalue weighted by Crippen LogP contribution is 2.43. The van der Waals surface area contributed by atoms with Gasteiger partial charge in [0.2, 0.25) is 0 Å². The Kier molecular flexibility index (Phi) is 10.00. The second kappa shape index (κ2) is 13.6. The van der Waals surface area contributed by atoms with Crippen LogP contribution in [0.2, 0.25) is 0 Å². The number of nitrogens with zero attached hydrogens (tertiary/aromatic N) is 2. The Labute approximate surface area is 273 Å². The van der Waals surface area contributed by atoms with Crippen LogP contribution in [0.1, 0.15) is 44.5 Å². The van der Waals surface area contributed by atoms with Gasteiger partial charge in [-0.05, 0) is 148 Å². The van der Waals surface area contributed by atoms with E-state index in [2.05, 4.69) is 0 Å². The van der Waals surface area contributed by atoms with Gasteiger partial charge < -0.3 is 18.9 Å². The number of carbonyl (C=O) groups is 1. The monoisotopic (exact) mass is 623 g/mol. The summed E-state index contributed by atoms with van der Waals surface area (Å²) in [6.45, 7) is 15.7. The van der Waals surface area contributed by atoms with Crippen LogP contribution in [0, 0.1) is 60.8 Å². The topological polar surface area (TPSA) is 84.3 Å². The number of amides is 1. The van der Waals surface area contributed by atoms with Gasteiger partial charge in [-0.25, -0.2) is 0 Å². The summed E-state index contributed by atoms with van der Waals surface area (Å²) >= 11 is 0. The number of aryl methyl sites for hydroxylation is 8. The van der Waals surface area contributed by atoms with E-state index < -0.39 is 5.91 Å². The lowest BCUT2D eigenvalue weighted by Gasteiger charge is -2.35. The third kappa shape index (κ3) is 6.25. The second-order valence-corrected chi connectivity index (χ2v) is 11.8. The van der Waals surface area contributed by atoms with Crippen LogP contribution in [0.5, 0.6) is 23.0 Å². The summed E-state index contributed by atoms with van der Waals surface area (Å²) in [5.41, 5.74) is 9.68. The number of rotatable bonds is 8. The summed E-state index contributed by atoms with van der Waals surface area (Å²) in [7, 11) is 6.51. The first-order chi connectivity index (χ1) is 21.8. The quantitative estimate of drug-likeness (QED) is 0.156. The first-order valence-electron chi connectivity index (χ1n) is 15.1. The van der Waals surface area contributed by atoms with Gasteiger partial charge in [-0.1, -0.05) is 0 Å². The molecule has 0 spiro atoms. The zero-order valence-electron chi connectivity index (χ0n) is 29.1. The number of ether oxygens (including phenoxy) is 4. The fraction of sp³-hybridized carbons (Fsp3) is 0.316. The van der Waals surface area contributed by atoms with Crippen molar-refractivity contribution >= 4 is 34.5 Å². The van der Waals surface area contributed by atoms with Crippen molar-refractivity contribution in [3.05, 3.63) is 93.0 Å². The molecule has 0 aromatic heterocycles. The summed E-state index contributed by atoms with van der Waals surface area (Å²) in [5.74, 6) is 2.10. The van der Waals surface area contributed by atoms with Crippen LogP contribution in [0.3, 0.4) is 0 Å². The molecular formula is C38H45N3O5. The van der Waals surface area contributed by atoms with Gasteiger partial charge in [0.25, 0.3) is 5.91 Å². The lowest BCUT2D eigenvalue weighted by Crippen LogP contribution is -2.43. The lowest BCUT2D eigenvalue weighted by atomic mass is 10.00. The van der Waals surface area contributed by atoms with Crippen molar-refractivity contribution in [2.75, 3.05) is 38.2 Å². The Morgan fingerprint density at radius 1 is 0.435 bits per heavy atom. The first kappa shape index (κ1) is 33.9. The molecule has 4 aromatic carbocycles. The molecule has 8 nitrogen and oxygen atoms in total. The molecule has 8 heteroatoms. The summed E-state index contributed by atoms with van der Waals surface area (Å²) in [6, 6.07) is 15.3. The maximum atomic E-state index is 15.2. The molecule has 0 heterocycles. The van der Waals surface area contributed by atoms with E-state index in [1.165, 1.54) is 0 Å². The molecule has 0 saturated carbocycles. The van der Waals surface area contributed by atoms with Crippen LogP contribution >= 0.6 is 0 Å². The number of hydrogen-bond acceptors (Lipinski definition) is 6. The smallest absolute Gasteiger partial charge is 0.298 e. The lowest BCUT2D eigenvalue weighted by molar-refractivity contribution is -0.112. The summed E-state index contributed by atoms with van der Waals surface area (Å²) in [6.07, 6.45) is 0. The summed E-state index contributed by atoms with van der Waals surface area (Å²) in [4.78, 5) is 18.6. The largest absolute Gasteiger partial charge is 0.497 e. The third-order valence-corrected chi connectivity index (χ3v) is 8.32. The molecule has 0 aliphatic heterocycles. The Hall–Kier alpha value is -4.98. The van der Waals surface area contributed by atoms with Crippen molar-refractivity contribution in [2.45, 2.75) is 55.4 Å². The predicted molar refractivity (Wildman–Crippen MR) is 187 cm³/mol. The maximum absolute atomic E-state index is 15.2. The fourth-order valence-electron chi connectivity index (χ4n) is 6.40. The van der Waals surface area contributed by atoms with Crippen molar-refractivity contribution in [3.8, 4) is 23.0 Å². The highest BCUT2D eigenvalue weighted by molar-refractivity contribution is 6.49. The molecule has 0 fully saturated rings. The second-order valence-electron chi connectivity index (χ2n) is 11.8. The van der Waals surface area contributed by atoms with Crippen molar-refractivity contribution in [2.24, 2.45) is 0 Å². The SMILES string of the molecule is COc1cc(C)c(N(C(=N)C(=O)N(c2c(C)cc(OC)cc2C)c2c(C)cc(OC)cc2C)c2c(C)cc(OC)cc2C)c(C)c1. The maximum Gasteiger partial charge on any atom is 0.298 e. The number of benzene rings is 4. The number of anilines is 4. The van der Waals surface area contributed by atoms with E-state index in [9.17, 15) is 5.41 Å². The minimum Gasteiger partial charge on any atom is -0.497 e. The number of methoxy groups -OCH3 is 4. The fourth-order valence-corrected chi connectivity index (χ4v) is 6.40. The van der Waals surface area contributed by atoms with Crippen molar-refractivity contribution in [1.82, 2.24) is 0 Å². The first-order valence-corrected chi connectivity index (χ1v) is 15.1. The molecule has 1 amide bonds. The standard InChI is InChI=1S/C38H45N3O5/c1-21-13-29(43-9)14-22(2)33(21)40(34-23(3)15-30(44-10)16-24(34)4)37(39)38(42)41(35-25(5)17-31(45-11)18-26(35)6)36-27(7)19-32(46-12)20-28(36)8/h13-20,39H,1-12H3. The van der Waals surface area contributed by atoms with Crippen LogP contribution in [0.25, 0.3) is 0 Å². The molecule has 0 aliphatic rings. The number of carbonyl (C=O) groups excluding carboxylic acids is 1. The van der Waals surface area contributed by atoms with Crippen LogP contribution in [-0.4, -0.2) is 40.2 Å². The number of nitrogens with one attached hydrogen (secondary N) is 1. The van der Waals surface area contributed by atoms with E-state index in [0.717, 1.165) is 55.9 Å². The molecular weight excluding hydrogens is 578 g/mol. The average molecular weight is 624 g/mol. The van der Waals surface area contributed by atoms with Gasteiger partial charge in [0.1, 0.15) is 23.0 Å². The normalized spacial score (nSPS) is 10.8. The van der Waals surface area contributed by atoms with Crippen molar-refractivity contribution in [1.29, 1.82) is 5.41 Å². The van der Waals surface area contributed by atoms with Crippen LogP contribution in [0.15, 0.2) is 48.5 Å². The van der Waals surface area contributed by atoms with Gasteiger partial charge in [0, 0.05) is 0 Å². The van der Waals surface area contributed by atoms with Gasteiger partial charge in [0.15, 0.2) is 5.84 Å². The minimum absolute atomic E-state index is 0.211. The number of hydrogen-bond donors (Lipinski definition) is 1. The van der Waals surface area contributed by atoms with E-state index in [1.807, 2.05) is 104 Å². The van der Waals surface area contributed by atoms with Crippen LogP contribution < -0.4 is 28.7 Å².